The van der Waals surface area contributed by atoms with Gasteiger partial charge in [-0.05, 0) is 45.4 Å². The quantitative estimate of drug-likeness (QED) is 0.842. The molecule has 2 saturated heterocycles. The molecule has 3 unspecified atom stereocenters. The van der Waals surface area contributed by atoms with E-state index >= 15 is 0 Å². The van der Waals surface area contributed by atoms with Crippen molar-refractivity contribution in [3.8, 4) is 0 Å². The number of hydrogen-bond donors (Lipinski definition) is 1. The molecule has 0 aromatic rings. The van der Waals surface area contributed by atoms with Gasteiger partial charge in [-0.3, -0.25) is 9.59 Å². The first-order valence-corrected chi connectivity index (χ1v) is 9.35. The third-order valence-electron chi connectivity index (χ3n) is 6.05. The van der Waals surface area contributed by atoms with Crippen molar-refractivity contribution in [2.45, 2.75) is 63.8 Å². The van der Waals surface area contributed by atoms with E-state index in [1.807, 2.05) is 16.7 Å². The zero-order valence-electron chi connectivity index (χ0n) is 14.4. The molecule has 0 bridgehead atoms. The highest BCUT2D eigenvalue weighted by atomic mass is 16.2. The molecule has 1 saturated carbocycles. The zero-order chi connectivity index (χ0) is 16.4. The van der Waals surface area contributed by atoms with Crippen LogP contribution in [0.4, 0.5) is 0 Å². The van der Waals surface area contributed by atoms with Gasteiger partial charge in [0.1, 0.15) is 0 Å². The van der Waals surface area contributed by atoms with Crippen molar-refractivity contribution in [1.82, 2.24) is 9.80 Å². The second kappa shape index (κ2) is 6.80. The monoisotopic (exact) mass is 321 g/mol. The third-order valence-corrected chi connectivity index (χ3v) is 6.05. The largest absolute Gasteiger partial charge is 0.342 e. The summed E-state index contributed by atoms with van der Waals surface area (Å²) in [5.41, 5.74) is 6.01. The molecule has 2 aliphatic heterocycles. The molecule has 0 aromatic carbocycles. The Kier molecular flexibility index (Phi) is 4.95. The summed E-state index contributed by atoms with van der Waals surface area (Å²) in [6, 6.07) is 0. The Morgan fingerprint density at radius 3 is 2.30 bits per heavy atom. The average molecular weight is 321 g/mol. The Morgan fingerprint density at radius 2 is 1.61 bits per heavy atom. The van der Waals surface area contributed by atoms with E-state index in [1.165, 1.54) is 0 Å². The summed E-state index contributed by atoms with van der Waals surface area (Å²) in [7, 11) is 0. The molecule has 5 heteroatoms. The molecular weight excluding hydrogens is 290 g/mol. The van der Waals surface area contributed by atoms with Gasteiger partial charge < -0.3 is 15.5 Å². The van der Waals surface area contributed by atoms with Gasteiger partial charge >= 0.3 is 0 Å². The van der Waals surface area contributed by atoms with Crippen LogP contribution in [0.15, 0.2) is 0 Å². The minimum atomic E-state index is -0.388. The van der Waals surface area contributed by atoms with Gasteiger partial charge in [-0.2, -0.15) is 0 Å². The summed E-state index contributed by atoms with van der Waals surface area (Å²) in [5, 5.41) is 0. The van der Waals surface area contributed by atoms with Crippen LogP contribution in [0.1, 0.15) is 58.3 Å². The van der Waals surface area contributed by atoms with Crippen LogP contribution in [0, 0.1) is 11.8 Å². The van der Waals surface area contributed by atoms with Crippen molar-refractivity contribution in [2.24, 2.45) is 17.6 Å². The fraction of sp³-hybridized carbons (Fsp3) is 0.889. The topological polar surface area (TPSA) is 66.6 Å². The number of hydrogen-bond acceptors (Lipinski definition) is 3. The van der Waals surface area contributed by atoms with Gasteiger partial charge in [-0.25, -0.2) is 0 Å². The number of carbonyl (C=O) groups excluding carboxylic acids is 2. The van der Waals surface area contributed by atoms with Crippen LogP contribution in [0.2, 0.25) is 0 Å². The fourth-order valence-corrected chi connectivity index (χ4v) is 4.56. The van der Waals surface area contributed by atoms with Crippen LogP contribution in [0.3, 0.4) is 0 Å². The summed E-state index contributed by atoms with van der Waals surface area (Å²) in [4.78, 5) is 29.5. The van der Waals surface area contributed by atoms with Gasteiger partial charge in [-0.1, -0.05) is 12.8 Å². The molecule has 3 atom stereocenters. The molecule has 3 fully saturated rings. The second-order valence-electron chi connectivity index (χ2n) is 7.96. The maximum absolute atomic E-state index is 13.0. The lowest BCUT2D eigenvalue weighted by molar-refractivity contribution is -0.144. The second-order valence-corrected chi connectivity index (χ2v) is 7.96. The van der Waals surface area contributed by atoms with Crippen molar-refractivity contribution in [1.29, 1.82) is 0 Å². The van der Waals surface area contributed by atoms with Crippen molar-refractivity contribution < 1.29 is 9.59 Å². The predicted molar refractivity (Wildman–Crippen MR) is 89.7 cm³/mol. The number of rotatable bonds is 2. The molecule has 2 N–H and O–H groups in total. The van der Waals surface area contributed by atoms with Gasteiger partial charge in [0.2, 0.25) is 11.8 Å². The first-order chi connectivity index (χ1) is 11.0. The number of likely N-dealkylation sites (tertiary alicyclic amines) is 2. The maximum Gasteiger partial charge on any atom is 0.227 e. The van der Waals surface area contributed by atoms with Gasteiger partial charge in [-0.15, -0.1) is 0 Å². The van der Waals surface area contributed by atoms with Crippen molar-refractivity contribution in [3.05, 3.63) is 0 Å². The SMILES string of the molecule is CC1(N)CCCCC1C(=O)N1CCCC(C(=O)N2CCCC2)C1. The van der Waals surface area contributed by atoms with Gasteiger partial charge in [0, 0.05) is 31.7 Å². The van der Waals surface area contributed by atoms with Gasteiger partial charge in [0.05, 0.1) is 11.8 Å². The normalized spacial score (nSPS) is 35.4. The molecule has 1 aliphatic carbocycles. The van der Waals surface area contributed by atoms with E-state index in [4.69, 9.17) is 5.73 Å². The van der Waals surface area contributed by atoms with Crippen LogP contribution in [0.25, 0.3) is 0 Å². The Morgan fingerprint density at radius 1 is 0.913 bits per heavy atom. The number of nitrogens with two attached hydrogens (primary N) is 1. The number of carbonyl (C=O) groups is 2. The highest BCUT2D eigenvalue weighted by molar-refractivity contribution is 5.83. The van der Waals surface area contributed by atoms with Crippen LogP contribution >= 0.6 is 0 Å². The van der Waals surface area contributed by atoms with E-state index in [-0.39, 0.29) is 29.2 Å². The molecule has 3 rings (SSSR count). The lowest BCUT2D eigenvalue weighted by atomic mass is 9.73. The fourth-order valence-electron chi connectivity index (χ4n) is 4.56. The van der Waals surface area contributed by atoms with Crippen LogP contribution in [-0.2, 0) is 9.59 Å². The average Bonchev–Trinajstić information content (AvgIpc) is 3.08. The van der Waals surface area contributed by atoms with E-state index in [0.717, 1.165) is 71.0 Å². The van der Waals surface area contributed by atoms with Crippen molar-refractivity contribution >= 4 is 11.8 Å². The lowest BCUT2D eigenvalue weighted by Crippen LogP contribution is -2.56. The van der Waals surface area contributed by atoms with Crippen LogP contribution in [0.5, 0.6) is 0 Å². The first kappa shape index (κ1) is 16.7. The molecule has 5 nitrogen and oxygen atoms in total. The van der Waals surface area contributed by atoms with E-state index < -0.39 is 0 Å². The standard InChI is InChI=1S/C18H31N3O2/c1-18(19)9-3-2-8-15(18)17(23)21-12-6-7-14(13-21)16(22)20-10-4-5-11-20/h14-15H,2-13,19H2,1H3. The zero-order valence-corrected chi connectivity index (χ0v) is 14.4. The molecule has 3 aliphatic rings. The van der Waals surface area contributed by atoms with Gasteiger partial charge in [0.15, 0.2) is 0 Å². The van der Waals surface area contributed by atoms with Crippen LogP contribution in [-0.4, -0.2) is 53.3 Å². The molecular formula is C18H31N3O2. The van der Waals surface area contributed by atoms with Crippen molar-refractivity contribution in [3.63, 3.8) is 0 Å². The molecule has 0 spiro atoms. The highest BCUT2D eigenvalue weighted by Gasteiger charge is 2.41. The Balaban J connectivity index is 1.63. The van der Waals surface area contributed by atoms with Gasteiger partial charge in [0.25, 0.3) is 0 Å². The number of piperidine rings is 1. The summed E-state index contributed by atoms with van der Waals surface area (Å²) in [6.45, 7) is 5.20. The minimum absolute atomic E-state index is 0.00146. The molecule has 2 heterocycles. The number of nitrogens with zero attached hydrogens (tertiary/aromatic N) is 2. The Bertz CT molecular complexity index is 457. The summed E-state index contributed by atoms with van der Waals surface area (Å²) in [5.74, 6) is 0.378. The van der Waals surface area contributed by atoms with E-state index in [9.17, 15) is 9.59 Å². The maximum atomic E-state index is 13.0. The summed E-state index contributed by atoms with van der Waals surface area (Å²) in [6.07, 6.45) is 8.12. The summed E-state index contributed by atoms with van der Waals surface area (Å²) < 4.78 is 0. The lowest BCUT2D eigenvalue weighted by Gasteiger charge is -2.42. The van der Waals surface area contributed by atoms with E-state index in [1.54, 1.807) is 0 Å². The minimum Gasteiger partial charge on any atom is -0.342 e. The molecule has 23 heavy (non-hydrogen) atoms. The molecule has 130 valence electrons. The molecule has 2 amide bonds. The predicted octanol–water partition coefficient (Wildman–Crippen LogP) is 1.75. The van der Waals surface area contributed by atoms with E-state index in [2.05, 4.69) is 0 Å². The number of amides is 2. The summed E-state index contributed by atoms with van der Waals surface area (Å²) >= 11 is 0. The Hall–Kier alpha value is -1.10. The third kappa shape index (κ3) is 3.54. The Labute approximate surface area is 139 Å². The molecule has 0 radical (unpaired) electrons. The smallest absolute Gasteiger partial charge is 0.227 e. The van der Waals surface area contributed by atoms with E-state index in [0.29, 0.717) is 6.54 Å². The highest BCUT2D eigenvalue weighted by Crippen LogP contribution is 2.34. The molecule has 0 aromatic heterocycles. The van der Waals surface area contributed by atoms with Crippen molar-refractivity contribution in [2.75, 3.05) is 26.2 Å². The first-order valence-electron chi connectivity index (χ1n) is 9.35. The van der Waals surface area contributed by atoms with Crippen LogP contribution < -0.4 is 5.73 Å².